The Hall–Kier alpha value is -2.85. The fourth-order valence-corrected chi connectivity index (χ4v) is 3.36. The molecule has 2 aromatic carbocycles. The van der Waals surface area contributed by atoms with Crippen molar-refractivity contribution >= 4 is 23.7 Å². The minimum absolute atomic E-state index is 0.293. The second kappa shape index (κ2) is 8.23. The number of aryl methyl sites for hydroxylation is 2. The van der Waals surface area contributed by atoms with E-state index in [1.165, 1.54) is 11.3 Å². The molecule has 138 valence electrons. The number of carbonyl (C=O) groups is 1. The molecule has 27 heavy (non-hydrogen) atoms. The van der Waals surface area contributed by atoms with Crippen LogP contribution in [0.3, 0.4) is 0 Å². The van der Waals surface area contributed by atoms with Gasteiger partial charge in [0.25, 0.3) is 5.91 Å². The summed E-state index contributed by atoms with van der Waals surface area (Å²) in [6.45, 7) is 6.28. The van der Waals surface area contributed by atoms with E-state index in [2.05, 4.69) is 60.1 Å². The third kappa shape index (κ3) is 4.12. The maximum Gasteiger partial charge on any atom is 0.271 e. The fourth-order valence-electron chi connectivity index (χ4n) is 3.17. The van der Waals surface area contributed by atoms with Crippen molar-refractivity contribution in [2.75, 3.05) is 0 Å². The van der Waals surface area contributed by atoms with Crippen molar-refractivity contribution in [3.8, 4) is 5.69 Å². The van der Waals surface area contributed by atoms with Crippen LogP contribution in [0.25, 0.3) is 5.69 Å². The molecule has 5 heteroatoms. The molecule has 0 bridgehead atoms. The zero-order chi connectivity index (χ0) is 19.4. The average molecular weight is 380 g/mol. The number of aromatic nitrogens is 1. The van der Waals surface area contributed by atoms with Gasteiger partial charge in [0, 0.05) is 33.2 Å². The van der Waals surface area contributed by atoms with Crippen molar-refractivity contribution in [2.45, 2.75) is 27.2 Å². The Bertz CT molecular complexity index is 1000. The van der Waals surface area contributed by atoms with Crippen molar-refractivity contribution in [3.63, 3.8) is 0 Å². The summed E-state index contributed by atoms with van der Waals surface area (Å²) in [5.74, 6) is -0.293. The molecule has 4 nitrogen and oxygen atoms in total. The van der Waals surface area contributed by atoms with E-state index in [1.807, 2.05) is 6.07 Å². The van der Waals surface area contributed by atoms with E-state index in [-0.39, 0.29) is 5.91 Å². The molecule has 0 atom stereocenters. The lowest BCUT2D eigenvalue weighted by Crippen LogP contribution is -2.17. The summed E-state index contributed by atoms with van der Waals surface area (Å²) in [7, 11) is 0. The third-order valence-electron chi connectivity index (χ3n) is 4.54. The monoisotopic (exact) mass is 379 g/mol. The van der Waals surface area contributed by atoms with Gasteiger partial charge >= 0.3 is 0 Å². The third-order valence-corrected chi connectivity index (χ3v) is 4.78. The van der Waals surface area contributed by atoms with Crippen LogP contribution in [0.2, 0.25) is 5.02 Å². The molecule has 0 aliphatic rings. The van der Waals surface area contributed by atoms with E-state index >= 15 is 0 Å². The highest BCUT2D eigenvalue weighted by Gasteiger charge is 2.12. The molecule has 1 amide bonds. The van der Waals surface area contributed by atoms with Gasteiger partial charge in [-0.05, 0) is 56.2 Å². The van der Waals surface area contributed by atoms with Gasteiger partial charge in [-0.2, -0.15) is 5.10 Å². The lowest BCUT2D eigenvalue weighted by Gasteiger charge is -2.13. The Labute approximate surface area is 164 Å². The molecule has 0 aliphatic heterocycles. The smallest absolute Gasteiger partial charge is 0.271 e. The standard InChI is InChI=1S/C22H22ClN3O/c1-4-17-8-5-6-11-21(17)26-15(2)12-19(16(26)3)14-24-25-22(27)18-9-7-10-20(23)13-18/h5-14H,4H2,1-3H3,(H,25,27)/b24-14-. The van der Waals surface area contributed by atoms with Crippen LogP contribution in [0.1, 0.15) is 39.8 Å². The number of hydrogen-bond acceptors (Lipinski definition) is 2. The van der Waals surface area contributed by atoms with Crippen molar-refractivity contribution in [1.82, 2.24) is 9.99 Å². The van der Waals surface area contributed by atoms with Gasteiger partial charge in [-0.25, -0.2) is 5.43 Å². The van der Waals surface area contributed by atoms with Crippen LogP contribution in [0, 0.1) is 13.8 Å². The fraction of sp³-hybridized carbons (Fsp3) is 0.182. The normalized spacial score (nSPS) is 11.1. The van der Waals surface area contributed by atoms with E-state index in [0.717, 1.165) is 23.4 Å². The lowest BCUT2D eigenvalue weighted by molar-refractivity contribution is 0.0955. The van der Waals surface area contributed by atoms with Gasteiger partial charge < -0.3 is 4.57 Å². The van der Waals surface area contributed by atoms with E-state index in [9.17, 15) is 4.79 Å². The number of hydrazone groups is 1. The molecule has 0 fully saturated rings. The number of benzene rings is 2. The SMILES string of the molecule is CCc1ccccc1-n1c(C)cc(/C=N\NC(=O)c2cccc(Cl)c2)c1C. The number of nitrogens with one attached hydrogen (secondary N) is 1. The molecule has 0 radical (unpaired) electrons. The quantitative estimate of drug-likeness (QED) is 0.488. The van der Waals surface area contributed by atoms with E-state index in [4.69, 9.17) is 11.6 Å². The largest absolute Gasteiger partial charge is 0.318 e. The molecule has 0 saturated carbocycles. The molecule has 1 N–H and O–H groups in total. The average Bonchev–Trinajstić information content (AvgIpc) is 2.95. The van der Waals surface area contributed by atoms with Gasteiger partial charge in [0.15, 0.2) is 0 Å². The minimum atomic E-state index is -0.293. The molecule has 3 aromatic rings. The van der Waals surface area contributed by atoms with Crippen LogP contribution in [0.4, 0.5) is 0 Å². The first-order chi connectivity index (χ1) is 13.0. The van der Waals surface area contributed by atoms with E-state index in [1.54, 1.807) is 30.5 Å². The number of rotatable bonds is 5. The Kier molecular flexibility index (Phi) is 5.77. The molecule has 0 saturated heterocycles. The summed E-state index contributed by atoms with van der Waals surface area (Å²) < 4.78 is 2.22. The van der Waals surface area contributed by atoms with Crippen molar-refractivity contribution in [1.29, 1.82) is 0 Å². The minimum Gasteiger partial charge on any atom is -0.318 e. The van der Waals surface area contributed by atoms with Gasteiger partial charge in [-0.15, -0.1) is 0 Å². The Morgan fingerprint density at radius 2 is 1.93 bits per heavy atom. The molecule has 3 rings (SSSR count). The second-order valence-electron chi connectivity index (χ2n) is 6.35. The number of carbonyl (C=O) groups excluding carboxylic acids is 1. The van der Waals surface area contributed by atoms with E-state index in [0.29, 0.717) is 10.6 Å². The number of halogens is 1. The summed E-state index contributed by atoms with van der Waals surface area (Å²) in [6, 6.07) is 17.2. The first kappa shape index (κ1) is 18.9. The maximum atomic E-state index is 12.2. The van der Waals surface area contributed by atoms with Crippen molar-refractivity contribution < 1.29 is 4.79 Å². The van der Waals surface area contributed by atoms with Gasteiger partial charge in [-0.1, -0.05) is 42.8 Å². The number of para-hydroxylation sites is 1. The molecule has 0 unspecified atom stereocenters. The number of hydrogen-bond donors (Lipinski definition) is 1. The van der Waals surface area contributed by atoms with E-state index < -0.39 is 0 Å². The van der Waals surface area contributed by atoms with Gasteiger partial charge in [0.05, 0.1) is 6.21 Å². The zero-order valence-electron chi connectivity index (χ0n) is 15.7. The Morgan fingerprint density at radius 1 is 1.15 bits per heavy atom. The lowest BCUT2D eigenvalue weighted by atomic mass is 10.1. The number of nitrogens with zero attached hydrogens (tertiary/aromatic N) is 2. The van der Waals surface area contributed by atoms with Crippen LogP contribution in [0.5, 0.6) is 0 Å². The van der Waals surface area contributed by atoms with Crippen molar-refractivity contribution in [2.24, 2.45) is 5.10 Å². The molecule has 0 aliphatic carbocycles. The summed E-state index contributed by atoms with van der Waals surface area (Å²) in [4.78, 5) is 12.2. The first-order valence-electron chi connectivity index (χ1n) is 8.87. The molecule has 1 heterocycles. The number of amides is 1. The molecular formula is C22H22ClN3O. The topological polar surface area (TPSA) is 46.4 Å². The summed E-state index contributed by atoms with van der Waals surface area (Å²) in [5.41, 5.74) is 8.66. The predicted molar refractivity (Wildman–Crippen MR) is 111 cm³/mol. The molecule has 1 aromatic heterocycles. The van der Waals surface area contributed by atoms with Crippen LogP contribution >= 0.6 is 11.6 Å². The summed E-state index contributed by atoms with van der Waals surface area (Å²) in [6.07, 6.45) is 2.64. The first-order valence-corrected chi connectivity index (χ1v) is 9.25. The van der Waals surface area contributed by atoms with Crippen molar-refractivity contribution in [3.05, 3.63) is 87.7 Å². The van der Waals surface area contributed by atoms with Crippen LogP contribution in [-0.4, -0.2) is 16.7 Å². The predicted octanol–water partition coefficient (Wildman–Crippen LogP) is 5.07. The molecular weight excluding hydrogens is 358 g/mol. The summed E-state index contributed by atoms with van der Waals surface area (Å²) in [5, 5.41) is 4.64. The highest BCUT2D eigenvalue weighted by Crippen LogP contribution is 2.23. The zero-order valence-corrected chi connectivity index (χ0v) is 16.4. The van der Waals surface area contributed by atoms with Crippen LogP contribution in [0.15, 0.2) is 59.7 Å². The summed E-state index contributed by atoms with van der Waals surface area (Å²) >= 11 is 5.92. The van der Waals surface area contributed by atoms with Crippen LogP contribution in [-0.2, 0) is 6.42 Å². The highest BCUT2D eigenvalue weighted by atomic mass is 35.5. The Balaban J connectivity index is 1.82. The van der Waals surface area contributed by atoms with Gasteiger partial charge in [-0.3, -0.25) is 4.79 Å². The highest BCUT2D eigenvalue weighted by molar-refractivity contribution is 6.30. The molecule has 0 spiro atoms. The van der Waals surface area contributed by atoms with Gasteiger partial charge in [0.2, 0.25) is 0 Å². The second-order valence-corrected chi connectivity index (χ2v) is 6.79. The maximum absolute atomic E-state index is 12.2. The van der Waals surface area contributed by atoms with Gasteiger partial charge in [0.1, 0.15) is 0 Å². The Morgan fingerprint density at radius 3 is 2.67 bits per heavy atom. The van der Waals surface area contributed by atoms with Crippen LogP contribution < -0.4 is 5.43 Å².